The Kier molecular flexibility index (Phi) is 4.23. The fourth-order valence-corrected chi connectivity index (χ4v) is 4.30. The third-order valence-corrected chi connectivity index (χ3v) is 5.54. The van der Waals surface area contributed by atoms with Crippen LogP contribution in [0.3, 0.4) is 0 Å². The van der Waals surface area contributed by atoms with E-state index in [-0.39, 0.29) is 23.5 Å². The van der Waals surface area contributed by atoms with Crippen molar-refractivity contribution in [2.75, 3.05) is 13.1 Å². The zero-order chi connectivity index (χ0) is 18.1. The Bertz CT molecular complexity index is 822. The van der Waals surface area contributed by atoms with Crippen LogP contribution in [0, 0.1) is 5.82 Å². The van der Waals surface area contributed by atoms with Gasteiger partial charge < -0.3 is 10.2 Å². The Morgan fingerprint density at radius 2 is 1.85 bits per heavy atom. The standard InChI is InChI=1S/C21H21FN2O2/c22-17-10-8-16(9-11-17)20(26)24-13-18(15-5-2-1-3-6-15)21(14-24)12-4-7-19(25)23-21/h1-3,5-6,8-11,18H,4,7,12-14H2,(H,23,25)/t18-,21+/m0/s1. The van der Waals surface area contributed by atoms with Crippen LogP contribution in [0.2, 0.25) is 0 Å². The molecule has 2 aliphatic rings. The van der Waals surface area contributed by atoms with Gasteiger partial charge in [-0.2, -0.15) is 0 Å². The second kappa shape index (κ2) is 6.56. The zero-order valence-corrected chi connectivity index (χ0v) is 14.5. The molecule has 2 aromatic carbocycles. The fourth-order valence-electron chi connectivity index (χ4n) is 4.30. The molecule has 0 unspecified atom stereocenters. The SMILES string of the molecule is O=C1CCC[C@]2(CN(C(=O)c3ccc(F)cc3)C[C@H]2c2ccccc2)N1. The Morgan fingerprint density at radius 1 is 1.12 bits per heavy atom. The first kappa shape index (κ1) is 16.8. The molecule has 2 saturated heterocycles. The second-order valence-corrected chi connectivity index (χ2v) is 7.21. The lowest BCUT2D eigenvalue weighted by Crippen LogP contribution is -2.56. The van der Waals surface area contributed by atoms with Crippen LogP contribution in [0.1, 0.15) is 41.1 Å². The van der Waals surface area contributed by atoms with Crippen molar-refractivity contribution in [3.05, 3.63) is 71.5 Å². The number of rotatable bonds is 2. The van der Waals surface area contributed by atoms with Crippen LogP contribution < -0.4 is 5.32 Å². The van der Waals surface area contributed by atoms with Gasteiger partial charge in [0.15, 0.2) is 0 Å². The van der Waals surface area contributed by atoms with Gasteiger partial charge in [0.25, 0.3) is 5.91 Å². The van der Waals surface area contributed by atoms with Crippen LogP contribution in [0.5, 0.6) is 0 Å². The van der Waals surface area contributed by atoms with E-state index in [0.29, 0.717) is 25.1 Å². The van der Waals surface area contributed by atoms with Crippen molar-refractivity contribution in [2.24, 2.45) is 0 Å². The van der Waals surface area contributed by atoms with Gasteiger partial charge in [-0.05, 0) is 42.7 Å². The van der Waals surface area contributed by atoms with Gasteiger partial charge in [0.2, 0.25) is 5.91 Å². The van der Waals surface area contributed by atoms with Gasteiger partial charge >= 0.3 is 0 Å². The average Bonchev–Trinajstić information content (AvgIpc) is 3.01. The van der Waals surface area contributed by atoms with Crippen molar-refractivity contribution < 1.29 is 14.0 Å². The predicted molar refractivity (Wildman–Crippen MR) is 96.2 cm³/mol. The van der Waals surface area contributed by atoms with E-state index in [9.17, 15) is 14.0 Å². The lowest BCUT2D eigenvalue weighted by molar-refractivity contribution is -0.125. The van der Waals surface area contributed by atoms with Crippen LogP contribution >= 0.6 is 0 Å². The number of nitrogens with one attached hydrogen (secondary N) is 1. The summed E-state index contributed by atoms with van der Waals surface area (Å²) in [5, 5.41) is 3.19. The molecular weight excluding hydrogens is 331 g/mol. The maximum atomic E-state index is 13.2. The number of piperidine rings is 1. The molecule has 26 heavy (non-hydrogen) atoms. The number of carbonyl (C=O) groups excluding carboxylic acids is 2. The molecule has 2 fully saturated rings. The number of halogens is 1. The van der Waals surface area contributed by atoms with E-state index < -0.39 is 5.54 Å². The first-order valence-electron chi connectivity index (χ1n) is 8.98. The molecule has 1 spiro atoms. The van der Waals surface area contributed by atoms with E-state index >= 15 is 0 Å². The predicted octanol–water partition coefficient (Wildman–Crippen LogP) is 3.10. The first-order chi connectivity index (χ1) is 12.6. The molecule has 4 nitrogen and oxygen atoms in total. The highest BCUT2D eigenvalue weighted by molar-refractivity contribution is 5.94. The maximum absolute atomic E-state index is 13.2. The quantitative estimate of drug-likeness (QED) is 0.903. The normalized spacial score (nSPS) is 25.3. The molecule has 0 radical (unpaired) electrons. The minimum atomic E-state index is -0.424. The van der Waals surface area contributed by atoms with Gasteiger partial charge in [0.05, 0.1) is 5.54 Å². The lowest BCUT2D eigenvalue weighted by atomic mass is 9.76. The molecule has 2 amide bonds. The summed E-state index contributed by atoms with van der Waals surface area (Å²) in [7, 11) is 0. The molecule has 5 heteroatoms. The summed E-state index contributed by atoms with van der Waals surface area (Å²) in [6, 6.07) is 15.7. The Hall–Kier alpha value is -2.69. The highest BCUT2D eigenvalue weighted by atomic mass is 19.1. The molecule has 2 atom stereocenters. The number of amides is 2. The first-order valence-corrected chi connectivity index (χ1v) is 8.98. The largest absolute Gasteiger partial charge is 0.348 e. The van der Waals surface area contributed by atoms with E-state index in [1.165, 1.54) is 24.3 Å². The number of nitrogens with zero attached hydrogens (tertiary/aromatic N) is 1. The summed E-state index contributed by atoms with van der Waals surface area (Å²) in [5.74, 6) is -0.380. The summed E-state index contributed by atoms with van der Waals surface area (Å²) in [6.07, 6.45) is 2.22. The number of likely N-dealkylation sites (tertiary alicyclic amines) is 1. The average molecular weight is 352 g/mol. The Balaban J connectivity index is 1.66. The van der Waals surface area contributed by atoms with Gasteiger partial charge in [-0.25, -0.2) is 4.39 Å². The van der Waals surface area contributed by atoms with Crippen molar-refractivity contribution >= 4 is 11.8 Å². The van der Waals surface area contributed by atoms with Crippen LogP contribution in [0.25, 0.3) is 0 Å². The monoisotopic (exact) mass is 352 g/mol. The maximum Gasteiger partial charge on any atom is 0.253 e. The summed E-state index contributed by atoms with van der Waals surface area (Å²) < 4.78 is 13.2. The highest BCUT2D eigenvalue weighted by Gasteiger charge is 2.50. The molecule has 2 heterocycles. The van der Waals surface area contributed by atoms with E-state index in [4.69, 9.17) is 0 Å². The Labute approximate surface area is 152 Å². The molecular formula is C21H21FN2O2. The molecule has 2 aromatic rings. The molecule has 0 saturated carbocycles. The Morgan fingerprint density at radius 3 is 2.54 bits per heavy atom. The molecule has 134 valence electrons. The van der Waals surface area contributed by atoms with E-state index in [2.05, 4.69) is 17.4 Å². The molecule has 2 aliphatic heterocycles. The number of benzene rings is 2. The van der Waals surface area contributed by atoms with Crippen LogP contribution in [0.4, 0.5) is 4.39 Å². The summed E-state index contributed by atoms with van der Waals surface area (Å²) in [6.45, 7) is 1.02. The number of hydrogen-bond donors (Lipinski definition) is 1. The summed E-state index contributed by atoms with van der Waals surface area (Å²) >= 11 is 0. The number of hydrogen-bond acceptors (Lipinski definition) is 2. The van der Waals surface area contributed by atoms with Gasteiger partial charge in [0.1, 0.15) is 5.82 Å². The zero-order valence-electron chi connectivity index (χ0n) is 14.5. The van der Waals surface area contributed by atoms with Gasteiger partial charge in [-0.1, -0.05) is 30.3 Å². The van der Waals surface area contributed by atoms with Crippen molar-refractivity contribution in [3.8, 4) is 0 Å². The third-order valence-electron chi connectivity index (χ3n) is 5.54. The van der Waals surface area contributed by atoms with E-state index in [0.717, 1.165) is 18.4 Å². The van der Waals surface area contributed by atoms with Crippen molar-refractivity contribution in [1.29, 1.82) is 0 Å². The van der Waals surface area contributed by atoms with Crippen LogP contribution in [-0.4, -0.2) is 35.3 Å². The van der Waals surface area contributed by atoms with Crippen LogP contribution in [-0.2, 0) is 4.79 Å². The van der Waals surface area contributed by atoms with Crippen molar-refractivity contribution in [3.63, 3.8) is 0 Å². The smallest absolute Gasteiger partial charge is 0.253 e. The highest BCUT2D eigenvalue weighted by Crippen LogP contribution is 2.41. The van der Waals surface area contributed by atoms with Gasteiger partial charge in [-0.3, -0.25) is 9.59 Å². The topological polar surface area (TPSA) is 49.4 Å². The summed E-state index contributed by atoms with van der Waals surface area (Å²) in [4.78, 5) is 26.9. The minimum Gasteiger partial charge on any atom is -0.348 e. The molecule has 0 bridgehead atoms. The van der Waals surface area contributed by atoms with E-state index in [1.807, 2.05) is 18.2 Å². The molecule has 0 aliphatic carbocycles. The van der Waals surface area contributed by atoms with Crippen molar-refractivity contribution in [1.82, 2.24) is 10.2 Å². The van der Waals surface area contributed by atoms with Gasteiger partial charge in [0, 0.05) is 31.0 Å². The molecule has 0 aromatic heterocycles. The summed E-state index contributed by atoms with van der Waals surface area (Å²) in [5.41, 5.74) is 1.17. The third kappa shape index (κ3) is 2.98. The number of carbonyl (C=O) groups is 2. The lowest BCUT2D eigenvalue weighted by Gasteiger charge is -2.39. The van der Waals surface area contributed by atoms with Crippen LogP contribution in [0.15, 0.2) is 54.6 Å². The second-order valence-electron chi connectivity index (χ2n) is 7.21. The van der Waals surface area contributed by atoms with Crippen molar-refractivity contribution in [2.45, 2.75) is 30.7 Å². The minimum absolute atomic E-state index is 0.0493. The van der Waals surface area contributed by atoms with Gasteiger partial charge in [-0.15, -0.1) is 0 Å². The molecule has 1 N–H and O–H groups in total. The molecule has 4 rings (SSSR count). The van der Waals surface area contributed by atoms with E-state index in [1.54, 1.807) is 4.90 Å². The fraction of sp³-hybridized carbons (Fsp3) is 0.333.